The molecule has 0 saturated heterocycles. The molecule has 1 aromatic heterocycles. The molecular weight excluding hydrogens is 268 g/mol. The van der Waals surface area contributed by atoms with Crippen LogP contribution in [0.3, 0.4) is 0 Å². The summed E-state index contributed by atoms with van der Waals surface area (Å²) in [4.78, 5) is 26.2. The summed E-state index contributed by atoms with van der Waals surface area (Å²) in [5, 5.41) is 2.86. The first-order valence-corrected chi connectivity index (χ1v) is 7.56. The Hall–Kier alpha value is -1.78. The highest BCUT2D eigenvalue weighted by Crippen LogP contribution is 2.29. The van der Waals surface area contributed by atoms with Gasteiger partial charge in [0.2, 0.25) is 5.91 Å². The van der Waals surface area contributed by atoms with Crippen molar-refractivity contribution in [3.05, 3.63) is 23.2 Å². The number of hydrogen-bond acceptors (Lipinski definition) is 3. The second kappa shape index (κ2) is 6.33. The molecule has 0 atom stereocenters. The first-order valence-electron chi connectivity index (χ1n) is 7.56. The van der Waals surface area contributed by atoms with Gasteiger partial charge in [0, 0.05) is 25.0 Å². The van der Waals surface area contributed by atoms with Crippen molar-refractivity contribution in [2.75, 3.05) is 6.54 Å². The van der Waals surface area contributed by atoms with Gasteiger partial charge in [-0.15, -0.1) is 0 Å². The largest absolute Gasteiger partial charge is 0.466 e. The van der Waals surface area contributed by atoms with Gasteiger partial charge < -0.3 is 14.6 Å². The van der Waals surface area contributed by atoms with Crippen LogP contribution in [0, 0.1) is 13.8 Å². The molecule has 0 aromatic carbocycles. The minimum absolute atomic E-state index is 0.0106. The van der Waals surface area contributed by atoms with Gasteiger partial charge in [-0.3, -0.25) is 9.59 Å². The Morgan fingerprint density at radius 1 is 1.38 bits per heavy atom. The molecule has 5 nitrogen and oxygen atoms in total. The number of nitrogens with zero attached hydrogens (tertiary/aromatic N) is 1. The van der Waals surface area contributed by atoms with Gasteiger partial charge >= 0.3 is 0 Å². The van der Waals surface area contributed by atoms with Crippen LogP contribution in [0.1, 0.15) is 55.0 Å². The van der Waals surface area contributed by atoms with Crippen LogP contribution in [-0.2, 0) is 4.79 Å². The Bertz CT molecular complexity index is 530. The number of carbonyl (C=O) groups is 2. The Morgan fingerprint density at radius 3 is 2.52 bits per heavy atom. The van der Waals surface area contributed by atoms with E-state index in [0.717, 1.165) is 18.6 Å². The van der Waals surface area contributed by atoms with Crippen molar-refractivity contribution in [3.63, 3.8) is 0 Å². The second-order valence-corrected chi connectivity index (χ2v) is 6.03. The molecule has 1 fully saturated rings. The number of aryl methyl sites for hydroxylation is 2. The van der Waals surface area contributed by atoms with Gasteiger partial charge in [-0.1, -0.05) is 0 Å². The van der Waals surface area contributed by atoms with E-state index in [1.54, 1.807) is 13.0 Å². The summed E-state index contributed by atoms with van der Waals surface area (Å²) < 4.78 is 5.44. The molecule has 1 heterocycles. The van der Waals surface area contributed by atoms with E-state index in [1.807, 2.05) is 25.7 Å². The van der Waals surface area contributed by atoms with Crippen molar-refractivity contribution < 1.29 is 14.0 Å². The third-order valence-electron chi connectivity index (χ3n) is 3.55. The molecule has 0 bridgehead atoms. The van der Waals surface area contributed by atoms with Crippen molar-refractivity contribution >= 4 is 11.8 Å². The predicted octanol–water partition coefficient (Wildman–Crippen LogP) is 2.42. The van der Waals surface area contributed by atoms with Crippen LogP contribution in [-0.4, -0.2) is 35.3 Å². The molecule has 1 aromatic rings. The molecule has 5 heteroatoms. The minimum atomic E-state index is -0.0239. The van der Waals surface area contributed by atoms with Crippen LogP contribution < -0.4 is 5.32 Å². The van der Waals surface area contributed by atoms with Crippen molar-refractivity contribution in [2.24, 2.45) is 0 Å². The van der Waals surface area contributed by atoms with Crippen molar-refractivity contribution in [3.8, 4) is 0 Å². The number of amides is 2. The molecule has 0 radical (unpaired) electrons. The molecule has 0 aliphatic heterocycles. The zero-order valence-electron chi connectivity index (χ0n) is 13.2. The van der Waals surface area contributed by atoms with Gasteiger partial charge in [0.1, 0.15) is 11.5 Å². The zero-order valence-corrected chi connectivity index (χ0v) is 13.2. The number of furan rings is 1. The Balaban J connectivity index is 2.00. The molecule has 116 valence electrons. The standard InChI is InChI=1S/C16H24N2O3/c1-10(2)17-15(19)7-8-18(13-5-6-13)16(20)14-9-11(3)21-12(14)4/h9-10,13H,5-8H2,1-4H3,(H,17,19). The summed E-state index contributed by atoms with van der Waals surface area (Å²) in [6.07, 6.45) is 2.39. The SMILES string of the molecule is Cc1cc(C(=O)N(CCC(=O)NC(C)C)C2CC2)c(C)o1. The Kier molecular flexibility index (Phi) is 4.70. The molecule has 1 aliphatic rings. The predicted molar refractivity (Wildman–Crippen MR) is 80.1 cm³/mol. The first-order chi connectivity index (χ1) is 9.88. The molecule has 1 saturated carbocycles. The normalized spacial score (nSPS) is 14.3. The summed E-state index contributed by atoms with van der Waals surface area (Å²) in [6.45, 7) is 7.96. The van der Waals surface area contributed by atoms with Gasteiger partial charge in [-0.05, 0) is 46.6 Å². The zero-order chi connectivity index (χ0) is 15.6. The average Bonchev–Trinajstić information content (AvgIpc) is 3.14. The van der Waals surface area contributed by atoms with Gasteiger partial charge in [-0.25, -0.2) is 0 Å². The van der Waals surface area contributed by atoms with E-state index < -0.39 is 0 Å². The molecule has 0 unspecified atom stereocenters. The highest BCUT2D eigenvalue weighted by Gasteiger charge is 2.34. The molecule has 2 amide bonds. The lowest BCUT2D eigenvalue weighted by Gasteiger charge is -2.22. The van der Waals surface area contributed by atoms with Crippen LogP contribution in [0.25, 0.3) is 0 Å². The Labute approximate surface area is 125 Å². The lowest BCUT2D eigenvalue weighted by molar-refractivity contribution is -0.121. The highest BCUT2D eigenvalue weighted by atomic mass is 16.3. The molecule has 0 spiro atoms. The maximum Gasteiger partial charge on any atom is 0.257 e. The third kappa shape index (κ3) is 4.09. The van der Waals surface area contributed by atoms with Crippen LogP contribution in [0.4, 0.5) is 0 Å². The molecule has 1 N–H and O–H groups in total. The van der Waals surface area contributed by atoms with E-state index in [-0.39, 0.29) is 23.9 Å². The topological polar surface area (TPSA) is 62.6 Å². The van der Waals surface area contributed by atoms with E-state index in [4.69, 9.17) is 4.42 Å². The fourth-order valence-corrected chi connectivity index (χ4v) is 2.45. The van der Waals surface area contributed by atoms with Crippen molar-refractivity contribution in [2.45, 2.75) is 59.0 Å². The van der Waals surface area contributed by atoms with Gasteiger partial charge in [0.05, 0.1) is 5.56 Å². The molecular formula is C16H24N2O3. The van der Waals surface area contributed by atoms with Crippen LogP contribution in [0.2, 0.25) is 0 Å². The lowest BCUT2D eigenvalue weighted by Crippen LogP contribution is -2.38. The van der Waals surface area contributed by atoms with E-state index in [9.17, 15) is 9.59 Å². The summed E-state index contributed by atoms with van der Waals surface area (Å²) in [5.41, 5.74) is 0.615. The maximum absolute atomic E-state index is 12.6. The van der Waals surface area contributed by atoms with Crippen molar-refractivity contribution in [1.82, 2.24) is 10.2 Å². The van der Waals surface area contributed by atoms with E-state index >= 15 is 0 Å². The average molecular weight is 292 g/mol. The van der Waals surface area contributed by atoms with Gasteiger partial charge in [0.15, 0.2) is 0 Å². The number of nitrogens with one attached hydrogen (secondary N) is 1. The fraction of sp³-hybridized carbons (Fsp3) is 0.625. The van der Waals surface area contributed by atoms with Crippen LogP contribution in [0.5, 0.6) is 0 Å². The van der Waals surface area contributed by atoms with Crippen LogP contribution in [0.15, 0.2) is 10.5 Å². The smallest absolute Gasteiger partial charge is 0.257 e. The summed E-state index contributed by atoms with van der Waals surface area (Å²) in [6, 6.07) is 2.18. The van der Waals surface area contributed by atoms with Crippen molar-refractivity contribution in [1.29, 1.82) is 0 Å². The quantitative estimate of drug-likeness (QED) is 0.876. The van der Waals surface area contributed by atoms with E-state index in [0.29, 0.717) is 24.3 Å². The van der Waals surface area contributed by atoms with E-state index in [2.05, 4.69) is 5.32 Å². The van der Waals surface area contributed by atoms with Gasteiger partial charge in [0.25, 0.3) is 5.91 Å². The molecule has 2 rings (SSSR count). The third-order valence-corrected chi connectivity index (χ3v) is 3.55. The molecule has 21 heavy (non-hydrogen) atoms. The minimum Gasteiger partial charge on any atom is -0.466 e. The lowest BCUT2D eigenvalue weighted by atomic mass is 10.2. The van der Waals surface area contributed by atoms with Crippen LogP contribution >= 0.6 is 0 Å². The van der Waals surface area contributed by atoms with E-state index in [1.165, 1.54) is 0 Å². The second-order valence-electron chi connectivity index (χ2n) is 6.03. The summed E-state index contributed by atoms with van der Waals surface area (Å²) in [5.74, 6) is 1.35. The fourth-order valence-electron chi connectivity index (χ4n) is 2.45. The molecule has 1 aliphatic carbocycles. The number of rotatable bonds is 6. The number of hydrogen-bond donors (Lipinski definition) is 1. The summed E-state index contributed by atoms with van der Waals surface area (Å²) >= 11 is 0. The Morgan fingerprint density at radius 2 is 2.05 bits per heavy atom. The maximum atomic E-state index is 12.6. The first kappa shape index (κ1) is 15.6. The number of carbonyl (C=O) groups excluding carboxylic acids is 2. The van der Waals surface area contributed by atoms with Gasteiger partial charge in [-0.2, -0.15) is 0 Å². The highest BCUT2D eigenvalue weighted by molar-refractivity contribution is 5.96. The summed E-state index contributed by atoms with van der Waals surface area (Å²) in [7, 11) is 0. The monoisotopic (exact) mass is 292 g/mol.